The third-order valence-corrected chi connectivity index (χ3v) is 5.47. The molecule has 1 aliphatic heterocycles. The van der Waals surface area contributed by atoms with Crippen molar-refractivity contribution in [2.75, 3.05) is 46.9 Å². The highest BCUT2D eigenvalue weighted by Crippen LogP contribution is 2.26. The minimum absolute atomic E-state index is 0.00129. The van der Waals surface area contributed by atoms with Crippen LogP contribution in [0.4, 0.5) is 0 Å². The van der Waals surface area contributed by atoms with Gasteiger partial charge >= 0.3 is 0 Å². The molecular formula is C23H31ClN2O4. The molecule has 2 aromatic carbocycles. The van der Waals surface area contributed by atoms with E-state index >= 15 is 0 Å². The number of likely N-dealkylation sites (tertiary alicyclic amines) is 1. The number of β-amino-alcohol motifs (C(OH)–C–C–N with tert-alkyl or cyclic N) is 1. The van der Waals surface area contributed by atoms with E-state index in [9.17, 15) is 10.2 Å². The maximum absolute atomic E-state index is 11.1. The Balaban J connectivity index is 1.58. The largest absolute Gasteiger partial charge is 0.492 e. The molecule has 0 spiro atoms. The molecule has 7 heteroatoms. The number of rotatable bonds is 9. The second-order valence-electron chi connectivity index (χ2n) is 8.16. The van der Waals surface area contributed by atoms with Gasteiger partial charge < -0.3 is 24.6 Å². The summed E-state index contributed by atoms with van der Waals surface area (Å²) in [5.41, 5.74) is -0.243. The molecule has 2 atom stereocenters. The van der Waals surface area contributed by atoms with Crippen molar-refractivity contribution in [1.29, 1.82) is 0 Å². The van der Waals surface area contributed by atoms with Crippen molar-refractivity contribution >= 4 is 11.6 Å². The molecule has 3 rings (SSSR count). The van der Waals surface area contributed by atoms with Crippen molar-refractivity contribution in [3.63, 3.8) is 0 Å². The van der Waals surface area contributed by atoms with Crippen molar-refractivity contribution in [3.8, 4) is 11.5 Å². The van der Waals surface area contributed by atoms with Gasteiger partial charge in [0.2, 0.25) is 0 Å². The van der Waals surface area contributed by atoms with E-state index in [1.165, 1.54) is 0 Å². The summed E-state index contributed by atoms with van der Waals surface area (Å²) in [5.74, 6) is 1.41. The fourth-order valence-electron chi connectivity index (χ4n) is 3.52. The molecule has 1 aliphatic rings. The van der Waals surface area contributed by atoms with Crippen molar-refractivity contribution in [2.24, 2.45) is 0 Å². The fourth-order valence-corrected chi connectivity index (χ4v) is 3.71. The summed E-state index contributed by atoms with van der Waals surface area (Å²) in [6, 6.07) is 15.0. The maximum Gasteiger partial charge on any atom is 0.137 e. The molecule has 2 N–H and O–H groups in total. The predicted molar refractivity (Wildman–Crippen MR) is 118 cm³/mol. The first-order chi connectivity index (χ1) is 14.3. The Morgan fingerprint density at radius 3 is 2.60 bits per heavy atom. The maximum atomic E-state index is 11.1. The lowest BCUT2D eigenvalue weighted by Gasteiger charge is -2.42. The summed E-state index contributed by atoms with van der Waals surface area (Å²) < 4.78 is 11.6. The first kappa shape index (κ1) is 22.8. The summed E-state index contributed by atoms with van der Waals surface area (Å²) in [5, 5.41) is 22.1. The molecule has 0 radical (unpaired) electrons. The van der Waals surface area contributed by atoms with Gasteiger partial charge in [0.25, 0.3) is 0 Å². The van der Waals surface area contributed by atoms with Crippen LogP contribution in [0.3, 0.4) is 0 Å². The SMILES string of the molecule is CN(C)CCOc1cccc(CN2CC[C@H](O)[C@@](O)(COc3cccc(Cl)c3)C2)c1. The third-order valence-electron chi connectivity index (χ3n) is 5.23. The van der Waals surface area contributed by atoms with Crippen LogP contribution >= 0.6 is 11.6 Å². The molecule has 6 nitrogen and oxygen atoms in total. The van der Waals surface area contributed by atoms with Crippen LogP contribution in [0.1, 0.15) is 12.0 Å². The van der Waals surface area contributed by atoms with E-state index < -0.39 is 11.7 Å². The molecule has 0 aromatic heterocycles. The Morgan fingerprint density at radius 1 is 1.13 bits per heavy atom. The first-order valence-corrected chi connectivity index (χ1v) is 10.6. The van der Waals surface area contributed by atoms with Gasteiger partial charge in [0.05, 0.1) is 6.10 Å². The smallest absolute Gasteiger partial charge is 0.137 e. The Hall–Kier alpha value is -1.83. The van der Waals surface area contributed by atoms with Crippen LogP contribution in [-0.4, -0.2) is 78.7 Å². The number of hydrogen-bond donors (Lipinski definition) is 2. The number of likely N-dealkylation sites (N-methyl/N-ethyl adjacent to an activating group) is 1. The van der Waals surface area contributed by atoms with E-state index in [1.54, 1.807) is 24.3 Å². The number of aliphatic hydroxyl groups is 2. The Morgan fingerprint density at radius 2 is 1.87 bits per heavy atom. The van der Waals surface area contributed by atoms with Crippen molar-refractivity contribution in [1.82, 2.24) is 9.80 Å². The summed E-state index contributed by atoms with van der Waals surface area (Å²) in [7, 11) is 4.03. The number of halogens is 1. The number of benzene rings is 2. The van der Waals surface area contributed by atoms with E-state index in [2.05, 4.69) is 9.80 Å². The van der Waals surface area contributed by atoms with Gasteiger partial charge in [-0.3, -0.25) is 4.90 Å². The van der Waals surface area contributed by atoms with E-state index in [0.29, 0.717) is 43.4 Å². The minimum atomic E-state index is -1.35. The lowest BCUT2D eigenvalue weighted by atomic mass is 9.90. The second kappa shape index (κ2) is 10.5. The lowest BCUT2D eigenvalue weighted by Crippen LogP contribution is -2.59. The second-order valence-corrected chi connectivity index (χ2v) is 8.60. The van der Waals surface area contributed by atoms with E-state index in [-0.39, 0.29) is 6.61 Å². The summed E-state index contributed by atoms with van der Waals surface area (Å²) in [4.78, 5) is 4.21. The molecule has 0 bridgehead atoms. The Kier molecular flexibility index (Phi) is 7.97. The van der Waals surface area contributed by atoms with Gasteiger partial charge in [-0.05, 0) is 56.4 Å². The topological polar surface area (TPSA) is 65.4 Å². The molecule has 0 saturated carbocycles. The Bertz CT molecular complexity index is 819. The number of nitrogens with zero attached hydrogens (tertiary/aromatic N) is 2. The standard InChI is InChI=1S/C23H31ClN2O4/c1-25(2)11-12-29-20-7-3-5-18(13-20)15-26-10-9-22(27)23(28,16-26)17-30-21-8-4-6-19(24)14-21/h3-8,13-14,22,27-28H,9-12,15-17H2,1-2H3/t22-,23-/m0/s1. The fraction of sp³-hybridized carbons (Fsp3) is 0.478. The van der Waals surface area contributed by atoms with Crippen LogP contribution in [0.15, 0.2) is 48.5 Å². The predicted octanol–water partition coefficient (Wildman–Crippen LogP) is 2.66. The zero-order valence-corrected chi connectivity index (χ0v) is 18.4. The van der Waals surface area contributed by atoms with E-state index in [0.717, 1.165) is 17.9 Å². The van der Waals surface area contributed by atoms with Crippen molar-refractivity contribution < 1.29 is 19.7 Å². The van der Waals surface area contributed by atoms with Crippen LogP contribution in [-0.2, 0) is 6.54 Å². The van der Waals surface area contributed by atoms with Gasteiger partial charge in [-0.1, -0.05) is 29.8 Å². The number of piperidine rings is 1. The van der Waals surface area contributed by atoms with E-state index in [1.807, 2.05) is 38.4 Å². The van der Waals surface area contributed by atoms with Crippen LogP contribution in [0, 0.1) is 0 Å². The van der Waals surface area contributed by atoms with Gasteiger partial charge in [0.15, 0.2) is 0 Å². The highest BCUT2D eigenvalue weighted by molar-refractivity contribution is 6.30. The number of ether oxygens (including phenoxy) is 2. The first-order valence-electron chi connectivity index (χ1n) is 10.2. The average Bonchev–Trinajstić information content (AvgIpc) is 2.70. The van der Waals surface area contributed by atoms with E-state index in [4.69, 9.17) is 21.1 Å². The molecule has 0 unspecified atom stereocenters. The molecule has 30 heavy (non-hydrogen) atoms. The van der Waals surface area contributed by atoms with Crippen LogP contribution in [0.2, 0.25) is 5.02 Å². The summed E-state index contributed by atoms with van der Waals surface area (Å²) >= 11 is 5.99. The van der Waals surface area contributed by atoms with Crippen LogP contribution in [0.5, 0.6) is 11.5 Å². The number of aliphatic hydroxyl groups excluding tert-OH is 1. The normalized spacial score (nSPS) is 22.3. The van der Waals surface area contributed by atoms with Gasteiger partial charge in [-0.2, -0.15) is 0 Å². The molecule has 1 fully saturated rings. The lowest BCUT2D eigenvalue weighted by molar-refractivity contribution is -0.140. The molecule has 0 amide bonds. The quantitative estimate of drug-likeness (QED) is 0.632. The van der Waals surface area contributed by atoms with Gasteiger partial charge in [-0.15, -0.1) is 0 Å². The third kappa shape index (κ3) is 6.59. The van der Waals surface area contributed by atoms with Gasteiger partial charge in [0, 0.05) is 31.2 Å². The zero-order chi connectivity index (χ0) is 21.6. The summed E-state index contributed by atoms with van der Waals surface area (Å²) in [6.45, 7) is 3.17. The van der Waals surface area contributed by atoms with Crippen LogP contribution in [0.25, 0.3) is 0 Å². The van der Waals surface area contributed by atoms with Crippen molar-refractivity contribution in [2.45, 2.75) is 24.7 Å². The molecule has 1 saturated heterocycles. The minimum Gasteiger partial charge on any atom is -0.492 e. The molecular weight excluding hydrogens is 404 g/mol. The monoisotopic (exact) mass is 434 g/mol. The zero-order valence-electron chi connectivity index (χ0n) is 17.6. The van der Waals surface area contributed by atoms with Crippen molar-refractivity contribution in [3.05, 3.63) is 59.1 Å². The summed E-state index contributed by atoms with van der Waals surface area (Å²) in [6.07, 6.45) is -0.359. The average molecular weight is 435 g/mol. The van der Waals surface area contributed by atoms with Crippen LogP contribution < -0.4 is 9.47 Å². The highest BCUT2D eigenvalue weighted by atomic mass is 35.5. The number of hydrogen-bond acceptors (Lipinski definition) is 6. The molecule has 2 aromatic rings. The Labute approximate surface area is 183 Å². The molecule has 164 valence electrons. The van der Waals surface area contributed by atoms with Gasteiger partial charge in [0.1, 0.15) is 30.3 Å². The highest BCUT2D eigenvalue weighted by Gasteiger charge is 2.42. The molecule has 0 aliphatic carbocycles. The molecule has 1 heterocycles. The van der Waals surface area contributed by atoms with Gasteiger partial charge in [-0.25, -0.2) is 0 Å².